The van der Waals surface area contributed by atoms with E-state index < -0.39 is 0 Å². The molecule has 1 aromatic carbocycles. The van der Waals surface area contributed by atoms with E-state index in [-0.39, 0.29) is 11.7 Å². The summed E-state index contributed by atoms with van der Waals surface area (Å²) >= 11 is 1.65. The van der Waals surface area contributed by atoms with Crippen LogP contribution in [-0.2, 0) is 4.79 Å². The molecule has 1 aromatic rings. The van der Waals surface area contributed by atoms with Crippen LogP contribution in [0.15, 0.2) is 24.3 Å². The summed E-state index contributed by atoms with van der Waals surface area (Å²) in [6.07, 6.45) is 5.32. The quantitative estimate of drug-likeness (QED) is 0.627. The Labute approximate surface area is 130 Å². The van der Waals surface area contributed by atoms with Gasteiger partial charge in [-0.25, -0.2) is 0 Å². The van der Waals surface area contributed by atoms with Crippen molar-refractivity contribution in [3.63, 3.8) is 0 Å². The van der Waals surface area contributed by atoms with E-state index in [0.717, 1.165) is 12.3 Å². The standard InChI is InChI=1S/C16H24N2O2S/c19-15-8-4-3-7-14(15)17-16(20)13-21-12-11-18-9-5-1-2-6-10-18/h3-4,7-8,19H,1-2,5-6,9-13H2,(H,17,20). The second-order valence-electron chi connectivity index (χ2n) is 5.37. The molecule has 1 amide bonds. The van der Waals surface area contributed by atoms with Crippen molar-refractivity contribution in [3.05, 3.63) is 24.3 Å². The fourth-order valence-electron chi connectivity index (χ4n) is 2.48. The molecule has 1 saturated heterocycles. The second-order valence-corrected chi connectivity index (χ2v) is 6.48. The molecule has 0 aliphatic carbocycles. The Hall–Kier alpha value is -1.20. The van der Waals surface area contributed by atoms with Crippen LogP contribution in [0.1, 0.15) is 25.7 Å². The van der Waals surface area contributed by atoms with E-state index in [9.17, 15) is 9.90 Å². The molecule has 0 bridgehead atoms. The van der Waals surface area contributed by atoms with E-state index in [4.69, 9.17) is 0 Å². The largest absolute Gasteiger partial charge is 0.506 e. The molecule has 2 N–H and O–H groups in total. The SMILES string of the molecule is O=C(CSCCN1CCCCCC1)Nc1ccccc1O. The maximum Gasteiger partial charge on any atom is 0.234 e. The number of hydrogen-bond acceptors (Lipinski definition) is 4. The molecule has 4 nitrogen and oxygen atoms in total. The van der Waals surface area contributed by atoms with Crippen LogP contribution in [0.5, 0.6) is 5.75 Å². The Bertz CT molecular complexity index is 446. The van der Waals surface area contributed by atoms with Crippen LogP contribution >= 0.6 is 11.8 Å². The van der Waals surface area contributed by atoms with Crippen molar-refractivity contribution in [2.24, 2.45) is 0 Å². The van der Waals surface area contributed by atoms with Gasteiger partial charge in [0.2, 0.25) is 5.91 Å². The molecular formula is C16H24N2O2S. The Balaban J connectivity index is 1.62. The van der Waals surface area contributed by atoms with Gasteiger partial charge in [-0.1, -0.05) is 25.0 Å². The highest BCUT2D eigenvalue weighted by atomic mass is 32.2. The van der Waals surface area contributed by atoms with Crippen molar-refractivity contribution >= 4 is 23.4 Å². The molecule has 0 radical (unpaired) electrons. The predicted octanol–water partition coefficient (Wildman–Crippen LogP) is 2.94. The molecule has 1 heterocycles. The number of carbonyl (C=O) groups excluding carboxylic acids is 1. The molecule has 5 heteroatoms. The number of phenols is 1. The predicted molar refractivity (Wildman–Crippen MR) is 89.0 cm³/mol. The maximum atomic E-state index is 11.8. The van der Waals surface area contributed by atoms with Crippen molar-refractivity contribution in [1.29, 1.82) is 0 Å². The minimum absolute atomic E-state index is 0.0580. The Morgan fingerprint density at radius 2 is 1.90 bits per heavy atom. The average Bonchev–Trinajstić information content (AvgIpc) is 2.75. The molecule has 0 aromatic heterocycles. The van der Waals surface area contributed by atoms with Crippen molar-refractivity contribution in [3.8, 4) is 5.75 Å². The number of anilines is 1. The van der Waals surface area contributed by atoms with Gasteiger partial charge in [0.1, 0.15) is 5.75 Å². The summed E-state index contributed by atoms with van der Waals surface area (Å²) in [7, 11) is 0. The van der Waals surface area contributed by atoms with Gasteiger partial charge in [-0.05, 0) is 38.1 Å². The van der Waals surface area contributed by atoms with E-state index in [1.807, 2.05) is 0 Å². The lowest BCUT2D eigenvalue weighted by molar-refractivity contribution is -0.113. The lowest BCUT2D eigenvalue weighted by Gasteiger charge is -2.19. The number of likely N-dealkylation sites (tertiary alicyclic amines) is 1. The molecule has 21 heavy (non-hydrogen) atoms. The first-order valence-corrected chi connectivity index (χ1v) is 8.79. The molecule has 0 spiro atoms. The summed E-state index contributed by atoms with van der Waals surface area (Å²) in [4.78, 5) is 14.3. The number of thioether (sulfide) groups is 1. The number of benzene rings is 1. The van der Waals surface area contributed by atoms with Crippen LogP contribution in [0, 0.1) is 0 Å². The Morgan fingerprint density at radius 3 is 2.62 bits per heavy atom. The van der Waals surface area contributed by atoms with Crippen molar-refractivity contribution in [2.45, 2.75) is 25.7 Å². The van der Waals surface area contributed by atoms with Crippen LogP contribution in [-0.4, -0.2) is 47.1 Å². The summed E-state index contributed by atoms with van der Waals surface area (Å²) < 4.78 is 0. The van der Waals surface area contributed by atoms with Crippen molar-refractivity contribution < 1.29 is 9.90 Å². The van der Waals surface area contributed by atoms with Gasteiger partial charge >= 0.3 is 0 Å². The highest BCUT2D eigenvalue weighted by molar-refractivity contribution is 7.99. The lowest BCUT2D eigenvalue weighted by Crippen LogP contribution is -2.27. The third-order valence-electron chi connectivity index (χ3n) is 3.66. The third kappa shape index (κ3) is 5.98. The number of aromatic hydroxyl groups is 1. The molecule has 1 aliphatic rings. The second kappa shape index (κ2) is 8.95. The number of nitrogens with one attached hydrogen (secondary N) is 1. The first-order valence-electron chi connectivity index (χ1n) is 7.63. The van der Waals surface area contributed by atoms with Crippen LogP contribution in [0.2, 0.25) is 0 Å². The fraction of sp³-hybridized carbons (Fsp3) is 0.562. The van der Waals surface area contributed by atoms with E-state index in [0.29, 0.717) is 11.4 Å². The van der Waals surface area contributed by atoms with Crippen LogP contribution in [0.4, 0.5) is 5.69 Å². The molecule has 0 unspecified atom stereocenters. The molecule has 1 aliphatic heterocycles. The van der Waals surface area contributed by atoms with Gasteiger partial charge in [0.25, 0.3) is 0 Å². The van der Waals surface area contributed by atoms with Gasteiger partial charge in [-0.3, -0.25) is 4.79 Å². The summed E-state index contributed by atoms with van der Waals surface area (Å²) in [5.74, 6) is 1.47. The van der Waals surface area contributed by atoms with Crippen molar-refractivity contribution in [1.82, 2.24) is 4.90 Å². The molecule has 1 fully saturated rings. The van der Waals surface area contributed by atoms with Crippen LogP contribution < -0.4 is 5.32 Å². The summed E-state index contributed by atoms with van der Waals surface area (Å²) in [5.41, 5.74) is 0.482. The number of phenolic OH excluding ortho intramolecular Hbond substituents is 1. The van der Waals surface area contributed by atoms with Crippen molar-refractivity contribution in [2.75, 3.05) is 36.5 Å². The third-order valence-corrected chi connectivity index (χ3v) is 4.60. The molecule has 2 rings (SSSR count). The van der Waals surface area contributed by atoms with Crippen LogP contribution in [0.25, 0.3) is 0 Å². The summed E-state index contributed by atoms with van der Waals surface area (Å²) in [6, 6.07) is 6.81. The van der Waals surface area contributed by atoms with E-state index in [1.54, 1.807) is 36.0 Å². The highest BCUT2D eigenvalue weighted by Crippen LogP contribution is 2.21. The van der Waals surface area contributed by atoms with Gasteiger partial charge in [-0.15, -0.1) is 0 Å². The van der Waals surface area contributed by atoms with Gasteiger partial charge in [-0.2, -0.15) is 11.8 Å². The van der Waals surface area contributed by atoms with Gasteiger partial charge in [0, 0.05) is 12.3 Å². The van der Waals surface area contributed by atoms with E-state index >= 15 is 0 Å². The fourth-order valence-corrected chi connectivity index (χ4v) is 3.27. The highest BCUT2D eigenvalue weighted by Gasteiger charge is 2.09. The smallest absolute Gasteiger partial charge is 0.234 e. The normalized spacial score (nSPS) is 16.4. The molecule has 0 atom stereocenters. The van der Waals surface area contributed by atoms with Gasteiger partial charge < -0.3 is 15.3 Å². The van der Waals surface area contributed by atoms with Crippen LogP contribution in [0.3, 0.4) is 0 Å². The molecule has 0 saturated carbocycles. The number of carbonyl (C=O) groups is 1. The average molecular weight is 308 g/mol. The van der Waals surface area contributed by atoms with E-state index in [1.165, 1.54) is 38.8 Å². The monoisotopic (exact) mass is 308 g/mol. The number of rotatable bonds is 6. The number of amides is 1. The van der Waals surface area contributed by atoms with E-state index in [2.05, 4.69) is 10.2 Å². The zero-order valence-corrected chi connectivity index (χ0v) is 13.2. The number of para-hydroxylation sites is 2. The Kier molecular flexibility index (Phi) is 6.89. The zero-order chi connectivity index (χ0) is 14.9. The lowest BCUT2D eigenvalue weighted by atomic mass is 10.2. The zero-order valence-electron chi connectivity index (χ0n) is 12.4. The van der Waals surface area contributed by atoms with Gasteiger partial charge in [0.15, 0.2) is 0 Å². The number of nitrogens with zero attached hydrogens (tertiary/aromatic N) is 1. The number of hydrogen-bond donors (Lipinski definition) is 2. The molecule has 116 valence electrons. The first-order chi connectivity index (χ1) is 10.3. The maximum absolute atomic E-state index is 11.8. The van der Waals surface area contributed by atoms with Gasteiger partial charge in [0.05, 0.1) is 11.4 Å². The minimum atomic E-state index is -0.0580. The first kappa shape index (κ1) is 16.2. The molecular weight excluding hydrogens is 284 g/mol. The Morgan fingerprint density at radius 1 is 1.19 bits per heavy atom. The summed E-state index contributed by atoms with van der Waals surface area (Å²) in [5, 5.41) is 12.3. The summed E-state index contributed by atoms with van der Waals surface area (Å²) in [6.45, 7) is 3.46. The minimum Gasteiger partial charge on any atom is -0.506 e. The topological polar surface area (TPSA) is 52.6 Å².